The van der Waals surface area contributed by atoms with Gasteiger partial charge in [0, 0.05) is 21.5 Å². The number of hydrogen-bond donors (Lipinski definition) is 1. The van der Waals surface area contributed by atoms with Gasteiger partial charge in [-0.3, -0.25) is 4.79 Å². The number of H-pyrrole nitrogens is 1. The SMILES string of the molecule is COc1cccc2c(C=O)c(-c3ccccc3Cl)[nH]c12. The summed E-state index contributed by atoms with van der Waals surface area (Å²) < 4.78 is 5.33. The Morgan fingerprint density at radius 2 is 1.95 bits per heavy atom. The van der Waals surface area contributed by atoms with Crippen LogP contribution in [0.1, 0.15) is 10.4 Å². The lowest BCUT2D eigenvalue weighted by Crippen LogP contribution is -1.85. The fraction of sp³-hybridized carbons (Fsp3) is 0.0625. The van der Waals surface area contributed by atoms with Crippen LogP contribution in [-0.4, -0.2) is 18.4 Å². The van der Waals surface area contributed by atoms with E-state index < -0.39 is 0 Å². The van der Waals surface area contributed by atoms with Crippen LogP contribution in [0.25, 0.3) is 22.2 Å². The Kier molecular flexibility index (Phi) is 3.20. The van der Waals surface area contributed by atoms with Gasteiger partial charge < -0.3 is 9.72 Å². The summed E-state index contributed by atoms with van der Waals surface area (Å²) in [4.78, 5) is 14.7. The lowest BCUT2D eigenvalue weighted by atomic mass is 10.1. The summed E-state index contributed by atoms with van der Waals surface area (Å²) in [5, 5.41) is 1.43. The van der Waals surface area contributed by atoms with E-state index in [4.69, 9.17) is 16.3 Å². The van der Waals surface area contributed by atoms with Crippen molar-refractivity contribution in [1.29, 1.82) is 0 Å². The molecule has 4 heteroatoms. The highest BCUT2D eigenvalue weighted by atomic mass is 35.5. The predicted octanol–water partition coefficient (Wildman–Crippen LogP) is 4.31. The molecule has 0 aliphatic carbocycles. The van der Waals surface area contributed by atoms with Gasteiger partial charge in [0.1, 0.15) is 5.75 Å². The number of fused-ring (bicyclic) bond motifs is 1. The zero-order chi connectivity index (χ0) is 14.1. The number of methoxy groups -OCH3 is 1. The van der Waals surface area contributed by atoms with E-state index in [9.17, 15) is 4.79 Å². The summed E-state index contributed by atoms with van der Waals surface area (Å²) in [5.41, 5.74) is 2.90. The second-order valence-corrected chi connectivity index (χ2v) is 4.80. The Bertz CT molecular complexity index is 792. The number of halogens is 1. The summed E-state index contributed by atoms with van der Waals surface area (Å²) >= 11 is 6.22. The average molecular weight is 286 g/mol. The number of benzene rings is 2. The Morgan fingerprint density at radius 3 is 2.65 bits per heavy atom. The minimum Gasteiger partial charge on any atom is -0.495 e. The normalized spacial score (nSPS) is 10.7. The van der Waals surface area contributed by atoms with Crippen LogP contribution in [0.2, 0.25) is 5.02 Å². The third-order valence-corrected chi connectivity index (χ3v) is 3.65. The number of aromatic amines is 1. The second kappa shape index (κ2) is 5.02. The number of hydrogen-bond acceptors (Lipinski definition) is 2. The first kappa shape index (κ1) is 12.8. The first-order chi connectivity index (χ1) is 9.76. The number of para-hydroxylation sites is 1. The number of carbonyl (C=O) groups excluding carboxylic acids is 1. The maximum Gasteiger partial charge on any atom is 0.152 e. The summed E-state index contributed by atoms with van der Waals surface area (Å²) in [5.74, 6) is 0.698. The third-order valence-electron chi connectivity index (χ3n) is 3.32. The smallest absolute Gasteiger partial charge is 0.152 e. The van der Waals surface area contributed by atoms with Gasteiger partial charge in [-0.1, -0.05) is 41.9 Å². The molecule has 20 heavy (non-hydrogen) atoms. The molecule has 0 aliphatic rings. The van der Waals surface area contributed by atoms with Crippen LogP contribution in [0.3, 0.4) is 0 Å². The van der Waals surface area contributed by atoms with E-state index in [0.717, 1.165) is 22.8 Å². The van der Waals surface area contributed by atoms with Crippen LogP contribution >= 0.6 is 11.6 Å². The quantitative estimate of drug-likeness (QED) is 0.729. The molecule has 3 nitrogen and oxygen atoms in total. The number of carbonyl (C=O) groups is 1. The van der Waals surface area contributed by atoms with E-state index in [1.54, 1.807) is 13.2 Å². The maximum absolute atomic E-state index is 11.5. The number of ether oxygens (including phenoxy) is 1. The second-order valence-electron chi connectivity index (χ2n) is 4.39. The molecule has 3 rings (SSSR count). The Hall–Kier alpha value is -2.26. The van der Waals surface area contributed by atoms with Crippen molar-refractivity contribution in [2.24, 2.45) is 0 Å². The molecule has 0 unspecified atom stereocenters. The van der Waals surface area contributed by atoms with Crippen LogP contribution in [0, 0.1) is 0 Å². The minimum atomic E-state index is 0.590. The summed E-state index contributed by atoms with van der Waals surface area (Å²) in [6.07, 6.45) is 0.844. The highest BCUT2D eigenvalue weighted by Crippen LogP contribution is 2.36. The van der Waals surface area contributed by atoms with Gasteiger partial charge in [-0.2, -0.15) is 0 Å². The molecule has 0 amide bonds. The van der Waals surface area contributed by atoms with Gasteiger partial charge in [0.05, 0.1) is 18.3 Å². The van der Waals surface area contributed by atoms with Gasteiger partial charge >= 0.3 is 0 Å². The molecule has 3 aromatic rings. The highest BCUT2D eigenvalue weighted by Gasteiger charge is 2.16. The Morgan fingerprint density at radius 1 is 1.15 bits per heavy atom. The molecule has 0 atom stereocenters. The summed E-state index contributed by atoms with van der Waals surface area (Å²) in [7, 11) is 1.60. The van der Waals surface area contributed by atoms with Gasteiger partial charge in [-0.25, -0.2) is 0 Å². The zero-order valence-electron chi connectivity index (χ0n) is 10.8. The lowest BCUT2D eigenvalue weighted by Gasteiger charge is -2.02. The van der Waals surface area contributed by atoms with Crippen LogP contribution in [0.5, 0.6) is 5.75 Å². The molecule has 0 fully saturated rings. The molecule has 0 aliphatic heterocycles. The largest absolute Gasteiger partial charge is 0.495 e. The molecule has 0 radical (unpaired) electrons. The predicted molar refractivity (Wildman–Crippen MR) is 80.7 cm³/mol. The monoisotopic (exact) mass is 285 g/mol. The topological polar surface area (TPSA) is 42.1 Å². The van der Waals surface area contributed by atoms with Gasteiger partial charge in [-0.05, 0) is 12.1 Å². The zero-order valence-corrected chi connectivity index (χ0v) is 11.6. The third kappa shape index (κ3) is 1.87. The minimum absolute atomic E-state index is 0.590. The van der Waals surface area contributed by atoms with Gasteiger partial charge in [0.15, 0.2) is 6.29 Å². The van der Waals surface area contributed by atoms with Crippen LogP contribution in [0.4, 0.5) is 0 Å². The Labute approximate surface area is 121 Å². The van der Waals surface area contributed by atoms with E-state index in [2.05, 4.69) is 4.98 Å². The fourth-order valence-corrected chi connectivity index (χ4v) is 2.61. The Balaban J connectivity index is 2.37. The van der Waals surface area contributed by atoms with Crippen molar-refractivity contribution < 1.29 is 9.53 Å². The molecule has 0 spiro atoms. The summed E-state index contributed by atoms with van der Waals surface area (Å²) in [6.45, 7) is 0. The molecule has 2 aromatic carbocycles. The standard InChI is InChI=1S/C16H12ClNO2/c1-20-14-8-4-6-10-12(9-19)15(18-16(10)14)11-5-2-3-7-13(11)17/h2-9,18H,1H3. The lowest BCUT2D eigenvalue weighted by molar-refractivity contribution is 0.112. The first-order valence-electron chi connectivity index (χ1n) is 6.15. The number of rotatable bonds is 3. The average Bonchev–Trinajstić information content (AvgIpc) is 2.85. The van der Waals surface area contributed by atoms with Crippen molar-refractivity contribution >= 4 is 28.8 Å². The van der Waals surface area contributed by atoms with Gasteiger partial charge in [0.2, 0.25) is 0 Å². The molecule has 0 saturated carbocycles. The van der Waals surface area contributed by atoms with E-state index in [0.29, 0.717) is 22.0 Å². The molecule has 1 heterocycles. The van der Waals surface area contributed by atoms with Gasteiger partial charge in [-0.15, -0.1) is 0 Å². The van der Waals surface area contributed by atoms with Crippen molar-refractivity contribution in [3.63, 3.8) is 0 Å². The van der Waals surface area contributed by atoms with Crippen molar-refractivity contribution in [2.75, 3.05) is 7.11 Å². The van der Waals surface area contributed by atoms with Crippen molar-refractivity contribution in [2.45, 2.75) is 0 Å². The van der Waals surface area contributed by atoms with E-state index >= 15 is 0 Å². The molecule has 0 saturated heterocycles. The van der Waals surface area contributed by atoms with Crippen molar-refractivity contribution in [1.82, 2.24) is 4.98 Å². The van der Waals surface area contributed by atoms with E-state index in [1.165, 1.54) is 0 Å². The first-order valence-corrected chi connectivity index (χ1v) is 6.53. The van der Waals surface area contributed by atoms with E-state index in [-0.39, 0.29) is 0 Å². The van der Waals surface area contributed by atoms with Crippen LogP contribution in [0.15, 0.2) is 42.5 Å². The number of aldehydes is 1. The van der Waals surface area contributed by atoms with Crippen molar-refractivity contribution in [3.05, 3.63) is 53.1 Å². The van der Waals surface area contributed by atoms with Crippen molar-refractivity contribution in [3.8, 4) is 17.0 Å². The molecule has 100 valence electrons. The molecule has 1 N–H and O–H groups in total. The van der Waals surface area contributed by atoms with E-state index in [1.807, 2.05) is 36.4 Å². The maximum atomic E-state index is 11.5. The molecular formula is C16H12ClNO2. The van der Waals surface area contributed by atoms with Gasteiger partial charge in [0.25, 0.3) is 0 Å². The molecular weight excluding hydrogens is 274 g/mol. The highest BCUT2D eigenvalue weighted by molar-refractivity contribution is 6.33. The van der Waals surface area contributed by atoms with Crippen LogP contribution in [-0.2, 0) is 0 Å². The fourth-order valence-electron chi connectivity index (χ4n) is 2.38. The number of nitrogens with one attached hydrogen (secondary N) is 1. The summed E-state index contributed by atoms with van der Waals surface area (Å²) in [6, 6.07) is 13.0. The number of aromatic nitrogens is 1. The van der Waals surface area contributed by atoms with Crippen LogP contribution < -0.4 is 4.74 Å². The molecule has 1 aromatic heterocycles. The molecule has 0 bridgehead atoms.